The van der Waals surface area contributed by atoms with Gasteiger partial charge in [-0.1, -0.05) is 13.3 Å². The van der Waals surface area contributed by atoms with Crippen molar-refractivity contribution in [3.05, 3.63) is 22.1 Å². The monoisotopic (exact) mass is 229 g/mol. The lowest BCUT2D eigenvalue weighted by Gasteiger charge is -2.04. The van der Waals surface area contributed by atoms with Crippen LogP contribution < -0.4 is 10.9 Å². The highest BCUT2D eigenvalue weighted by molar-refractivity contribution is 6.17. The summed E-state index contributed by atoms with van der Waals surface area (Å²) in [6.07, 6.45) is 4.31. The average Bonchev–Trinajstić information content (AvgIpc) is 2.23. The summed E-state index contributed by atoms with van der Waals surface area (Å²) in [7, 11) is 0. The zero-order valence-corrected chi connectivity index (χ0v) is 9.60. The molecule has 2 N–H and O–H groups in total. The van der Waals surface area contributed by atoms with Crippen LogP contribution in [0.25, 0.3) is 0 Å². The molecule has 0 radical (unpaired) electrons. The summed E-state index contributed by atoms with van der Waals surface area (Å²) >= 11 is 5.55. The largest absolute Gasteiger partial charge is 0.356 e. The van der Waals surface area contributed by atoms with E-state index < -0.39 is 0 Å². The minimum atomic E-state index is -0.107. The van der Waals surface area contributed by atoms with Gasteiger partial charge in [0.05, 0.1) is 0 Å². The second kappa shape index (κ2) is 6.45. The molecule has 1 aromatic rings. The highest BCUT2D eigenvalue weighted by Crippen LogP contribution is 1.98. The van der Waals surface area contributed by atoms with Gasteiger partial charge in [-0.25, -0.2) is 4.98 Å². The third-order valence-electron chi connectivity index (χ3n) is 2.06. The standard InChI is InChI=1S/C10H16ClN3O/c1-2-3-6-12-10-13-7-8(4-5-11)9(15)14-10/h7H,2-6H2,1H3,(H2,12,13,14,15). The molecule has 4 nitrogen and oxygen atoms in total. The predicted octanol–water partition coefficient (Wildman–Crippen LogP) is 1.76. The number of alkyl halides is 1. The molecule has 0 aromatic carbocycles. The molecule has 15 heavy (non-hydrogen) atoms. The first-order chi connectivity index (χ1) is 7.27. The smallest absolute Gasteiger partial charge is 0.255 e. The fourth-order valence-electron chi connectivity index (χ4n) is 1.17. The number of rotatable bonds is 6. The fraction of sp³-hybridized carbons (Fsp3) is 0.600. The Morgan fingerprint density at radius 2 is 2.40 bits per heavy atom. The van der Waals surface area contributed by atoms with Gasteiger partial charge >= 0.3 is 0 Å². The SMILES string of the molecule is CCCCNc1ncc(CCCl)c(=O)[nH]1. The summed E-state index contributed by atoms with van der Waals surface area (Å²) in [6.45, 7) is 2.94. The summed E-state index contributed by atoms with van der Waals surface area (Å²) < 4.78 is 0. The molecule has 0 fully saturated rings. The van der Waals surface area contributed by atoms with Crippen LogP contribution in [0.4, 0.5) is 5.95 Å². The van der Waals surface area contributed by atoms with Gasteiger partial charge < -0.3 is 5.32 Å². The van der Waals surface area contributed by atoms with Gasteiger partial charge in [0.25, 0.3) is 5.56 Å². The van der Waals surface area contributed by atoms with Crippen molar-refractivity contribution in [2.75, 3.05) is 17.7 Å². The van der Waals surface area contributed by atoms with Crippen molar-refractivity contribution in [1.29, 1.82) is 0 Å². The topological polar surface area (TPSA) is 57.8 Å². The second-order valence-corrected chi connectivity index (χ2v) is 3.68. The van der Waals surface area contributed by atoms with Gasteiger partial charge in [0, 0.05) is 24.2 Å². The maximum absolute atomic E-state index is 11.5. The van der Waals surface area contributed by atoms with E-state index >= 15 is 0 Å². The molecule has 0 amide bonds. The lowest BCUT2D eigenvalue weighted by Crippen LogP contribution is -2.17. The van der Waals surface area contributed by atoms with Crippen molar-refractivity contribution in [1.82, 2.24) is 9.97 Å². The molecule has 84 valence electrons. The van der Waals surface area contributed by atoms with Crippen LogP contribution in [-0.4, -0.2) is 22.4 Å². The van der Waals surface area contributed by atoms with Gasteiger partial charge in [0.15, 0.2) is 0 Å². The van der Waals surface area contributed by atoms with Crippen molar-refractivity contribution in [2.45, 2.75) is 26.2 Å². The number of nitrogens with zero attached hydrogens (tertiary/aromatic N) is 1. The van der Waals surface area contributed by atoms with E-state index in [1.54, 1.807) is 6.20 Å². The molecule has 0 spiro atoms. The molecule has 1 aromatic heterocycles. The van der Waals surface area contributed by atoms with Gasteiger partial charge in [0.1, 0.15) is 0 Å². The summed E-state index contributed by atoms with van der Waals surface area (Å²) in [5.74, 6) is 0.972. The highest BCUT2D eigenvalue weighted by atomic mass is 35.5. The third kappa shape index (κ3) is 3.91. The number of nitrogens with one attached hydrogen (secondary N) is 2. The third-order valence-corrected chi connectivity index (χ3v) is 2.25. The van der Waals surface area contributed by atoms with E-state index in [1.165, 1.54) is 0 Å². The van der Waals surface area contributed by atoms with Crippen LogP contribution in [0.15, 0.2) is 11.0 Å². The Hall–Kier alpha value is -1.03. The normalized spacial score (nSPS) is 10.3. The summed E-state index contributed by atoms with van der Waals surface area (Å²) in [6, 6.07) is 0. The average molecular weight is 230 g/mol. The van der Waals surface area contributed by atoms with Crippen LogP contribution in [-0.2, 0) is 6.42 Å². The number of hydrogen-bond donors (Lipinski definition) is 2. The zero-order chi connectivity index (χ0) is 11.1. The first-order valence-corrected chi connectivity index (χ1v) is 5.69. The van der Waals surface area contributed by atoms with Gasteiger partial charge in [0.2, 0.25) is 5.95 Å². The molecule has 0 saturated heterocycles. The van der Waals surface area contributed by atoms with Gasteiger partial charge in [-0.05, 0) is 12.8 Å². The molecule has 1 rings (SSSR count). The number of halogens is 1. The second-order valence-electron chi connectivity index (χ2n) is 3.31. The first kappa shape index (κ1) is 12.0. The van der Waals surface area contributed by atoms with Crippen LogP contribution in [0, 0.1) is 0 Å². The molecule has 0 unspecified atom stereocenters. The molecule has 0 aliphatic carbocycles. The fourth-order valence-corrected chi connectivity index (χ4v) is 1.38. The highest BCUT2D eigenvalue weighted by Gasteiger charge is 2.01. The minimum Gasteiger partial charge on any atom is -0.356 e. The lowest BCUT2D eigenvalue weighted by molar-refractivity contribution is 0.823. The molecular weight excluding hydrogens is 214 g/mol. The summed E-state index contributed by atoms with van der Waals surface area (Å²) in [5.41, 5.74) is 0.524. The maximum Gasteiger partial charge on any atom is 0.255 e. The molecule has 0 bridgehead atoms. The number of unbranched alkanes of at least 4 members (excludes halogenated alkanes) is 1. The van der Waals surface area contributed by atoms with Crippen molar-refractivity contribution < 1.29 is 0 Å². The first-order valence-electron chi connectivity index (χ1n) is 5.16. The Bertz CT molecular complexity index is 351. The van der Waals surface area contributed by atoms with Gasteiger partial charge in [-0.15, -0.1) is 11.6 Å². The summed E-state index contributed by atoms with van der Waals surface area (Å²) in [5, 5.41) is 3.06. The van der Waals surface area contributed by atoms with Gasteiger partial charge in [-0.3, -0.25) is 9.78 Å². The molecule has 0 aliphatic rings. The number of H-pyrrole nitrogens is 1. The molecule has 0 atom stereocenters. The van der Waals surface area contributed by atoms with Crippen LogP contribution in [0.1, 0.15) is 25.3 Å². The van der Waals surface area contributed by atoms with Crippen LogP contribution >= 0.6 is 11.6 Å². The van der Waals surface area contributed by atoms with E-state index in [0.29, 0.717) is 23.8 Å². The number of aromatic nitrogens is 2. The minimum absolute atomic E-state index is 0.107. The molecule has 0 aliphatic heterocycles. The van der Waals surface area contributed by atoms with E-state index in [1.807, 2.05) is 0 Å². The Kier molecular flexibility index (Phi) is 5.18. The molecular formula is C10H16ClN3O. The molecule has 1 heterocycles. The van der Waals surface area contributed by atoms with E-state index in [9.17, 15) is 4.79 Å². The van der Waals surface area contributed by atoms with Crippen molar-refractivity contribution >= 4 is 17.5 Å². The van der Waals surface area contributed by atoms with Crippen LogP contribution in [0.2, 0.25) is 0 Å². The number of aromatic amines is 1. The van der Waals surface area contributed by atoms with Crippen LogP contribution in [0.3, 0.4) is 0 Å². The zero-order valence-electron chi connectivity index (χ0n) is 8.85. The van der Waals surface area contributed by atoms with E-state index in [-0.39, 0.29) is 5.56 Å². The Morgan fingerprint density at radius 1 is 1.60 bits per heavy atom. The maximum atomic E-state index is 11.5. The Labute approximate surface area is 94.1 Å². The van der Waals surface area contributed by atoms with E-state index in [4.69, 9.17) is 11.6 Å². The number of aryl methyl sites for hydroxylation is 1. The molecule has 0 saturated carbocycles. The van der Waals surface area contributed by atoms with Crippen molar-refractivity contribution in [2.24, 2.45) is 0 Å². The van der Waals surface area contributed by atoms with Crippen molar-refractivity contribution in [3.63, 3.8) is 0 Å². The predicted molar refractivity (Wildman–Crippen MR) is 62.7 cm³/mol. The Balaban J connectivity index is 2.61. The van der Waals surface area contributed by atoms with Crippen molar-refractivity contribution in [3.8, 4) is 0 Å². The number of hydrogen-bond acceptors (Lipinski definition) is 3. The lowest BCUT2D eigenvalue weighted by atomic mass is 10.3. The van der Waals surface area contributed by atoms with E-state index in [0.717, 1.165) is 19.4 Å². The Morgan fingerprint density at radius 3 is 3.00 bits per heavy atom. The van der Waals surface area contributed by atoms with E-state index in [2.05, 4.69) is 22.2 Å². The van der Waals surface area contributed by atoms with Crippen LogP contribution in [0.5, 0.6) is 0 Å². The van der Waals surface area contributed by atoms with Gasteiger partial charge in [-0.2, -0.15) is 0 Å². The molecule has 5 heteroatoms. The number of anilines is 1. The quantitative estimate of drug-likeness (QED) is 0.577. The summed E-state index contributed by atoms with van der Waals surface area (Å²) in [4.78, 5) is 18.3.